The maximum absolute atomic E-state index is 13.7. The summed E-state index contributed by atoms with van der Waals surface area (Å²) in [6.07, 6.45) is -0.0764. The van der Waals surface area contributed by atoms with Crippen molar-refractivity contribution in [3.8, 4) is 0 Å². The minimum atomic E-state index is -1.40. The number of aliphatic hydroxyl groups is 1. The van der Waals surface area contributed by atoms with Crippen LogP contribution in [0.15, 0.2) is 30.3 Å². The number of carbonyl (C=O) groups is 5. The first kappa shape index (κ1) is 43.5. The number of aliphatic hydroxyl groups excluding tert-OH is 1. The van der Waals surface area contributed by atoms with E-state index in [2.05, 4.69) is 5.32 Å². The molecule has 0 aromatic heterocycles. The summed E-state index contributed by atoms with van der Waals surface area (Å²) in [5.74, 6) is -2.40. The highest BCUT2D eigenvalue weighted by molar-refractivity contribution is 5.95. The molecule has 0 saturated carbocycles. The van der Waals surface area contributed by atoms with Gasteiger partial charge in [-0.15, -0.1) is 0 Å². The van der Waals surface area contributed by atoms with Crippen LogP contribution in [0.2, 0.25) is 0 Å². The van der Waals surface area contributed by atoms with Crippen molar-refractivity contribution >= 4 is 29.5 Å². The fourth-order valence-corrected chi connectivity index (χ4v) is 5.48. The van der Waals surface area contributed by atoms with E-state index in [4.69, 9.17) is 11.5 Å². The first-order valence-electron chi connectivity index (χ1n) is 17.3. The molecule has 0 heterocycles. The Kier molecular flexibility index (Phi) is 17.9. The van der Waals surface area contributed by atoms with Crippen LogP contribution in [0.25, 0.3) is 0 Å². The Morgan fingerprint density at radius 3 is 1.80 bits per heavy atom. The van der Waals surface area contributed by atoms with Crippen LogP contribution in [0.3, 0.4) is 0 Å². The maximum atomic E-state index is 13.7. The highest BCUT2D eigenvalue weighted by Crippen LogP contribution is 2.17. The summed E-state index contributed by atoms with van der Waals surface area (Å²) in [6, 6.07) is 5.25. The van der Waals surface area contributed by atoms with Crippen molar-refractivity contribution < 1.29 is 29.1 Å². The van der Waals surface area contributed by atoms with Gasteiger partial charge in [-0.1, -0.05) is 78.3 Å². The lowest BCUT2D eigenvalue weighted by Crippen LogP contribution is -2.60. The van der Waals surface area contributed by atoms with Crippen molar-refractivity contribution in [2.45, 2.75) is 111 Å². The molecule has 0 saturated heterocycles. The number of rotatable bonds is 19. The quantitative estimate of drug-likeness (QED) is 0.157. The Balaban J connectivity index is 3.22. The predicted octanol–water partition coefficient (Wildman–Crippen LogP) is 1.42. The van der Waals surface area contributed by atoms with Crippen molar-refractivity contribution in [2.75, 3.05) is 34.7 Å². The number of likely N-dealkylation sites (N-methyl/N-ethyl adjacent to an activating group) is 4. The lowest BCUT2D eigenvalue weighted by atomic mass is 9.96. The zero-order valence-electron chi connectivity index (χ0n) is 31.6. The van der Waals surface area contributed by atoms with Gasteiger partial charge in [0.25, 0.3) is 0 Å². The van der Waals surface area contributed by atoms with Crippen LogP contribution < -0.4 is 16.8 Å². The van der Waals surface area contributed by atoms with E-state index in [1.807, 2.05) is 71.9 Å². The molecule has 5 amide bonds. The van der Waals surface area contributed by atoms with E-state index in [1.165, 1.54) is 42.8 Å². The fraction of sp³-hybridized carbons (Fsp3) is 0.694. The van der Waals surface area contributed by atoms with Gasteiger partial charge in [-0.25, -0.2) is 0 Å². The van der Waals surface area contributed by atoms with Crippen LogP contribution in [0.1, 0.15) is 73.3 Å². The van der Waals surface area contributed by atoms with Gasteiger partial charge in [-0.3, -0.25) is 24.0 Å². The molecule has 0 aliphatic carbocycles. The van der Waals surface area contributed by atoms with E-state index in [0.29, 0.717) is 19.3 Å². The van der Waals surface area contributed by atoms with Crippen molar-refractivity contribution in [1.29, 1.82) is 0 Å². The van der Waals surface area contributed by atoms with Crippen LogP contribution in [0.5, 0.6) is 0 Å². The molecule has 0 bridgehead atoms. The molecular formula is C36H63N7O6. The van der Waals surface area contributed by atoms with Gasteiger partial charge in [0, 0.05) is 34.6 Å². The largest absolute Gasteiger partial charge is 0.391 e. The molecule has 6 N–H and O–H groups in total. The lowest BCUT2D eigenvalue weighted by molar-refractivity contribution is -0.148. The number of carbonyl (C=O) groups excluding carboxylic acids is 5. The molecule has 0 aliphatic rings. The highest BCUT2D eigenvalue weighted by atomic mass is 16.3. The van der Waals surface area contributed by atoms with Gasteiger partial charge in [-0.05, 0) is 43.1 Å². The first-order chi connectivity index (χ1) is 22.7. The lowest BCUT2D eigenvalue weighted by Gasteiger charge is -2.35. The molecule has 0 fully saturated rings. The van der Waals surface area contributed by atoms with Crippen molar-refractivity contribution in [2.24, 2.45) is 29.2 Å². The smallest absolute Gasteiger partial charge is 0.248 e. The van der Waals surface area contributed by atoms with Crippen LogP contribution in [0, 0.1) is 17.8 Å². The van der Waals surface area contributed by atoms with E-state index in [9.17, 15) is 29.1 Å². The minimum absolute atomic E-state index is 0.0212. The Morgan fingerprint density at radius 1 is 0.755 bits per heavy atom. The van der Waals surface area contributed by atoms with E-state index < -0.39 is 66.6 Å². The zero-order chi connectivity index (χ0) is 37.7. The third kappa shape index (κ3) is 13.0. The average Bonchev–Trinajstić information content (AvgIpc) is 3.05. The third-order valence-corrected chi connectivity index (χ3v) is 9.13. The van der Waals surface area contributed by atoms with Gasteiger partial charge >= 0.3 is 0 Å². The molecule has 49 heavy (non-hydrogen) atoms. The number of hydrogen-bond acceptors (Lipinski definition) is 8. The third-order valence-electron chi connectivity index (χ3n) is 9.13. The monoisotopic (exact) mass is 689 g/mol. The Hall–Kier alpha value is -3.55. The molecule has 1 rings (SSSR count). The highest BCUT2D eigenvalue weighted by Gasteiger charge is 2.37. The molecule has 278 valence electrons. The SMILES string of the molecule is CC[C@H](C)[C@H](N)C(=O)N(C)[C@@H](CC(C)C)C(=O)N[C@H](C(=O)N(C)CC(=O)N(C)[C@@H](Cc1ccccc1)C(=O)N(C)[C@H](N)CC(C)C)[C@@H](C)O. The predicted molar refractivity (Wildman–Crippen MR) is 192 cm³/mol. The van der Waals surface area contributed by atoms with Gasteiger partial charge in [0.1, 0.15) is 18.1 Å². The molecule has 13 heteroatoms. The standard InChI is InChI=1S/C36H63N7O6/c1-12-24(6)31(38)35(48)42(10)27(18-22(2)3)33(46)39-32(25(7)44)36(49)40(8)21-30(45)41(9)28(20-26-16-14-13-15-17-26)34(47)43(11)29(37)19-23(4)5/h13-17,22-25,27-29,31-32,44H,12,18-21,37-38H2,1-11H3,(H,39,46)/t24-,25+,27-,28-,29-,31-,32-/m0/s1. The summed E-state index contributed by atoms with van der Waals surface area (Å²) in [4.78, 5) is 73.0. The zero-order valence-corrected chi connectivity index (χ0v) is 31.6. The summed E-state index contributed by atoms with van der Waals surface area (Å²) in [5, 5.41) is 13.2. The van der Waals surface area contributed by atoms with Crippen LogP contribution in [-0.2, 0) is 30.4 Å². The van der Waals surface area contributed by atoms with Crippen molar-refractivity contribution in [3.05, 3.63) is 35.9 Å². The number of nitrogens with one attached hydrogen (secondary N) is 1. The van der Waals surface area contributed by atoms with Gasteiger partial charge in [0.05, 0.1) is 24.9 Å². The van der Waals surface area contributed by atoms with E-state index in [-0.39, 0.29) is 30.1 Å². The van der Waals surface area contributed by atoms with E-state index >= 15 is 0 Å². The normalized spacial score (nSPS) is 15.8. The van der Waals surface area contributed by atoms with Crippen LogP contribution in [-0.4, -0.2) is 125 Å². The topological polar surface area (TPSA) is 183 Å². The number of nitrogens with zero attached hydrogens (tertiary/aromatic N) is 4. The Morgan fingerprint density at radius 2 is 1.31 bits per heavy atom. The van der Waals surface area contributed by atoms with Crippen molar-refractivity contribution in [3.63, 3.8) is 0 Å². The number of nitrogens with two attached hydrogens (primary N) is 2. The molecule has 1 aromatic carbocycles. The molecular weight excluding hydrogens is 626 g/mol. The summed E-state index contributed by atoms with van der Waals surface area (Å²) < 4.78 is 0. The van der Waals surface area contributed by atoms with Crippen LogP contribution >= 0.6 is 0 Å². The first-order valence-corrected chi connectivity index (χ1v) is 17.3. The summed E-state index contributed by atoms with van der Waals surface area (Å²) in [6.45, 7) is 12.6. The number of hydrogen-bond donors (Lipinski definition) is 4. The van der Waals surface area contributed by atoms with Gasteiger partial charge in [0.2, 0.25) is 29.5 Å². The van der Waals surface area contributed by atoms with Crippen LogP contribution in [0.4, 0.5) is 0 Å². The molecule has 0 unspecified atom stereocenters. The Labute approximate surface area is 293 Å². The Bertz CT molecular complexity index is 1230. The second-order valence-electron chi connectivity index (χ2n) is 14.3. The van der Waals surface area contributed by atoms with E-state index in [0.717, 1.165) is 10.5 Å². The second kappa shape index (κ2) is 20.2. The number of amides is 5. The number of benzene rings is 1. The van der Waals surface area contributed by atoms with Crippen molar-refractivity contribution in [1.82, 2.24) is 24.9 Å². The van der Waals surface area contributed by atoms with Gasteiger partial charge < -0.3 is 41.5 Å². The average molecular weight is 690 g/mol. The maximum Gasteiger partial charge on any atom is 0.248 e. The molecule has 1 aromatic rings. The molecule has 0 aliphatic heterocycles. The molecule has 13 nitrogen and oxygen atoms in total. The molecule has 7 atom stereocenters. The van der Waals surface area contributed by atoms with Gasteiger partial charge in [-0.2, -0.15) is 0 Å². The summed E-state index contributed by atoms with van der Waals surface area (Å²) >= 11 is 0. The fourth-order valence-electron chi connectivity index (χ4n) is 5.48. The van der Waals surface area contributed by atoms with Gasteiger partial charge in [0.15, 0.2) is 0 Å². The summed E-state index contributed by atoms with van der Waals surface area (Å²) in [7, 11) is 6.03. The van der Waals surface area contributed by atoms with E-state index in [1.54, 1.807) is 7.05 Å². The molecule has 0 radical (unpaired) electrons. The minimum Gasteiger partial charge on any atom is -0.391 e. The molecule has 0 spiro atoms. The summed E-state index contributed by atoms with van der Waals surface area (Å²) in [5.41, 5.74) is 13.4. The second-order valence-corrected chi connectivity index (χ2v) is 14.3.